The molecule has 0 amide bonds. The first-order valence-corrected chi connectivity index (χ1v) is 6.74. The van der Waals surface area contributed by atoms with E-state index in [4.69, 9.17) is 17.4 Å². The van der Waals surface area contributed by atoms with Crippen LogP contribution in [0, 0.1) is 4.77 Å². The molecule has 0 spiro atoms. The minimum absolute atomic E-state index is 0.321. The molecule has 19 heavy (non-hydrogen) atoms. The Kier molecular flexibility index (Phi) is 3.21. The van der Waals surface area contributed by atoms with Crippen LogP contribution in [0.1, 0.15) is 29.3 Å². The fourth-order valence-electron chi connectivity index (χ4n) is 2.83. The van der Waals surface area contributed by atoms with Crippen LogP contribution in [-0.2, 0) is 12.8 Å². The number of aromatic amines is 1. The molecule has 1 aromatic carbocycles. The van der Waals surface area contributed by atoms with Gasteiger partial charge in [0.1, 0.15) is 0 Å². The largest absolute Gasteiger partial charge is 0.411 e. The number of hydrogen-bond acceptors (Lipinski definition) is 3. The van der Waals surface area contributed by atoms with Crippen LogP contribution in [0.2, 0.25) is 0 Å². The zero-order chi connectivity index (χ0) is 13.2. The summed E-state index contributed by atoms with van der Waals surface area (Å²) in [5.41, 5.74) is 3.63. The first kappa shape index (κ1) is 12.2. The van der Waals surface area contributed by atoms with E-state index in [2.05, 4.69) is 34.4 Å². The van der Waals surface area contributed by atoms with Crippen LogP contribution in [0.3, 0.4) is 0 Å². The summed E-state index contributed by atoms with van der Waals surface area (Å²) in [4.78, 5) is 3.02. The van der Waals surface area contributed by atoms with Crippen molar-refractivity contribution in [2.24, 2.45) is 5.16 Å². The van der Waals surface area contributed by atoms with Gasteiger partial charge in [-0.1, -0.05) is 29.4 Å². The van der Waals surface area contributed by atoms with E-state index in [0.717, 1.165) is 25.0 Å². The molecule has 0 saturated carbocycles. The summed E-state index contributed by atoms with van der Waals surface area (Å²) in [5.74, 6) is 0. The average Bonchev–Trinajstić information content (AvgIpc) is 2.80. The van der Waals surface area contributed by atoms with E-state index in [1.54, 1.807) is 6.20 Å². The SMILES string of the molecule is ON=Cc1c[nH]c(=S)n1C1CCc2ccccc2C1. The number of rotatable bonds is 2. The molecule has 1 unspecified atom stereocenters. The molecule has 1 heterocycles. The Bertz CT molecular complexity index is 671. The van der Waals surface area contributed by atoms with Gasteiger partial charge in [0, 0.05) is 12.2 Å². The number of fused-ring (bicyclic) bond motifs is 1. The van der Waals surface area contributed by atoms with Crippen molar-refractivity contribution in [2.75, 3.05) is 0 Å². The topological polar surface area (TPSA) is 53.3 Å². The number of H-pyrrole nitrogens is 1. The van der Waals surface area contributed by atoms with Gasteiger partial charge in [-0.15, -0.1) is 0 Å². The molecule has 1 aromatic heterocycles. The first-order valence-electron chi connectivity index (χ1n) is 6.33. The third kappa shape index (κ3) is 2.21. The monoisotopic (exact) mass is 273 g/mol. The predicted octanol–water partition coefficient (Wildman–Crippen LogP) is 3.08. The summed E-state index contributed by atoms with van der Waals surface area (Å²) < 4.78 is 2.73. The van der Waals surface area contributed by atoms with Gasteiger partial charge in [0.05, 0.1) is 11.9 Å². The Morgan fingerprint density at radius 3 is 2.95 bits per heavy atom. The maximum Gasteiger partial charge on any atom is 0.177 e. The second-order valence-corrected chi connectivity index (χ2v) is 5.19. The number of nitrogens with zero attached hydrogens (tertiary/aromatic N) is 2. The van der Waals surface area contributed by atoms with Gasteiger partial charge in [-0.25, -0.2) is 0 Å². The molecule has 3 rings (SSSR count). The van der Waals surface area contributed by atoms with Gasteiger partial charge in [-0.3, -0.25) is 0 Å². The number of nitrogens with one attached hydrogen (secondary N) is 1. The highest BCUT2D eigenvalue weighted by molar-refractivity contribution is 7.71. The van der Waals surface area contributed by atoms with Crippen LogP contribution in [0.4, 0.5) is 0 Å². The van der Waals surface area contributed by atoms with Crippen molar-refractivity contribution in [2.45, 2.75) is 25.3 Å². The number of hydrogen-bond donors (Lipinski definition) is 2. The van der Waals surface area contributed by atoms with Crippen LogP contribution in [0.5, 0.6) is 0 Å². The molecule has 0 aliphatic heterocycles. The maximum absolute atomic E-state index is 8.72. The fraction of sp³-hybridized carbons (Fsp3) is 0.286. The normalized spacial score (nSPS) is 18.6. The highest BCUT2D eigenvalue weighted by Gasteiger charge is 2.21. The lowest BCUT2D eigenvalue weighted by Crippen LogP contribution is -2.20. The average molecular weight is 273 g/mol. The summed E-state index contributed by atoms with van der Waals surface area (Å²) >= 11 is 5.33. The number of imidazole rings is 1. The number of aryl methyl sites for hydroxylation is 1. The molecule has 2 N–H and O–H groups in total. The minimum atomic E-state index is 0.321. The molecule has 1 atom stereocenters. The smallest absolute Gasteiger partial charge is 0.177 e. The molecule has 0 radical (unpaired) electrons. The summed E-state index contributed by atoms with van der Waals surface area (Å²) in [6, 6.07) is 8.86. The van der Waals surface area contributed by atoms with Crippen LogP contribution < -0.4 is 0 Å². The fourth-order valence-corrected chi connectivity index (χ4v) is 3.14. The van der Waals surface area contributed by atoms with Crippen molar-refractivity contribution in [1.82, 2.24) is 9.55 Å². The molecular weight excluding hydrogens is 258 g/mol. The van der Waals surface area contributed by atoms with E-state index < -0.39 is 0 Å². The molecule has 4 nitrogen and oxygen atoms in total. The van der Waals surface area contributed by atoms with Crippen molar-refractivity contribution in [3.8, 4) is 0 Å². The maximum atomic E-state index is 8.72. The van der Waals surface area contributed by atoms with Gasteiger partial charge in [-0.2, -0.15) is 0 Å². The first-order chi connectivity index (χ1) is 9.29. The van der Waals surface area contributed by atoms with E-state index in [-0.39, 0.29) is 0 Å². The molecule has 2 aromatic rings. The third-order valence-corrected chi connectivity index (χ3v) is 4.03. The van der Waals surface area contributed by atoms with Gasteiger partial charge in [0.2, 0.25) is 0 Å². The van der Waals surface area contributed by atoms with Crippen molar-refractivity contribution >= 4 is 18.4 Å². The van der Waals surface area contributed by atoms with E-state index in [1.807, 2.05) is 4.57 Å². The van der Waals surface area contributed by atoms with Gasteiger partial charge in [0.15, 0.2) is 4.77 Å². The summed E-state index contributed by atoms with van der Waals surface area (Å²) in [6.45, 7) is 0. The molecule has 0 bridgehead atoms. The van der Waals surface area contributed by atoms with Crippen molar-refractivity contribution in [1.29, 1.82) is 0 Å². The van der Waals surface area contributed by atoms with Crippen molar-refractivity contribution < 1.29 is 5.21 Å². The zero-order valence-electron chi connectivity index (χ0n) is 10.4. The summed E-state index contributed by atoms with van der Waals surface area (Å²) in [6.07, 6.45) is 6.28. The van der Waals surface area contributed by atoms with Gasteiger partial charge < -0.3 is 14.8 Å². The summed E-state index contributed by atoms with van der Waals surface area (Å²) in [5, 5.41) is 11.8. The van der Waals surface area contributed by atoms with E-state index in [0.29, 0.717) is 10.8 Å². The second kappa shape index (κ2) is 5.01. The molecule has 0 fully saturated rings. The molecule has 1 aliphatic carbocycles. The number of oxime groups is 1. The van der Waals surface area contributed by atoms with Gasteiger partial charge in [0.25, 0.3) is 0 Å². The molecule has 5 heteroatoms. The van der Waals surface area contributed by atoms with Crippen LogP contribution >= 0.6 is 12.2 Å². The lowest BCUT2D eigenvalue weighted by atomic mass is 9.88. The van der Waals surface area contributed by atoms with E-state index >= 15 is 0 Å². The van der Waals surface area contributed by atoms with E-state index in [1.165, 1.54) is 17.3 Å². The Balaban J connectivity index is 1.97. The van der Waals surface area contributed by atoms with Crippen LogP contribution in [0.15, 0.2) is 35.6 Å². The Morgan fingerprint density at radius 1 is 1.37 bits per heavy atom. The van der Waals surface area contributed by atoms with Crippen LogP contribution in [-0.4, -0.2) is 21.0 Å². The number of benzene rings is 1. The highest BCUT2D eigenvalue weighted by atomic mass is 32.1. The molecule has 98 valence electrons. The molecule has 0 saturated heterocycles. The zero-order valence-corrected chi connectivity index (χ0v) is 11.2. The van der Waals surface area contributed by atoms with Crippen LogP contribution in [0.25, 0.3) is 0 Å². The lowest BCUT2D eigenvalue weighted by Gasteiger charge is -2.26. The second-order valence-electron chi connectivity index (χ2n) is 4.80. The Labute approximate surface area is 116 Å². The standard InChI is InChI=1S/C14H15N3OS/c18-16-9-13-8-15-14(19)17(13)12-6-5-10-3-1-2-4-11(10)7-12/h1-4,8-9,12,18H,5-7H2,(H,15,19). The lowest BCUT2D eigenvalue weighted by molar-refractivity contribution is 0.321. The van der Waals surface area contributed by atoms with Crippen molar-refractivity contribution in [3.63, 3.8) is 0 Å². The Hall–Kier alpha value is -1.88. The molecular formula is C14H15N3OS. The van der Waals surface area contributed by atoms with Crippen molar-refractivity contribution in [3.05, 3.63) is 52.1 Å². The third-order valence-electron chi connectivity index (χ3n) is 3.72. The Morgan fingerprint density at radius 2 is 2.16 bits per heavy atom. The van der Waals surface area contributed by atoms with E-state index in [9.17, 15) is 0 Å². The minimum Gasteiger partial charge on any atom is -0.411 e. The highest BCUT2D eigenvalue weighted by Crippen LogP contribution is 2.29. The predicted molar refractivity (Wildman–Crippen MR) is 76.5 cm³/mol. The quantitative estimate of drug-likeness (QED) is 0.382. The number of aromatic nitrogens is 2. The summed E-state index contributed by atoms with van der Waals surface area (Å²) in [7, 11) is 0. The van der Waals surface area contributed by atoms with Gasteiger partial charge >= 0.3 is 0 Å². The van der Waals surface area contributed by atoms with Gasteiger partial charge in [-0.05, 0) is 42.6 Å². The molecule has 1 aliphatic rings.